The average Bonchev–Trinajstić information content (AvgIpc) is 2.61. The molecule has 0 radical (unpaired) electrons. The summed E-state index contributed by atoms with van der Waals surface area (Å²) in [6, 6.07) is 0. The molecule has 10 heteroatoms. The number of hydrogen-bond acceptors (Lipinski definition) is 6. The number of rotatable bonds is 11. The van der Waals surface area contributed by atoms with Gasteiger partial charge in [-0.3, -0.25) is 4.31 Å². The second kappa shape index (κ2) is 13.7. The lowest BCUT2D eigenvalue weighted by Crippen LogP contribution is -2.29. The van der Waals surface area contributed by atoms with E-state index in [1.165, 1.54) is 12.1 Å². The van der Waals surface area contributed by atoms with Gasteiger partial charge < -0.3 is 9.41 Å². The van der Waals surface area contributed by atoms with Gasteiger partial charge in [0.15, 0.2) is 5.54 Å². The second-order valence-electron chi connectivity index (χ2n) is 5.17. The van der Waals surface area contributed by atoms with Crippen molar-refractivity contribution in [2.45, 2.75) is 39.5 Å². The zero-order valence-electron chi connectivity index (χ0n) is 15.9. The third-order valence-corrected chi connectivity index (χ3v) is 14.6. The van der Waals surface area contributed by atoms with Crippen molar-refractivity contribution in [2.75, 3.05) is 34.0 Å². The van der Waals surface area contributed by atoms with Crippen LogP contribution in [0.3, 0.4) is 0 Å². The predicted molar refractivity (Wildman–Crippen MR) is 129 cm³/mol. The minimum absolute atomic E-state index is 0.425. The highest BCUT2D eigenvalue weighted by atomic mass is 32.9. The van der Waals surface area contributed by atoms with E-state index in [-0.39, 0.29) is 0 Å². The highest BCUT2D eigenvalue weighted by Crippen LogP contribution is 2.66. The molecule has 0 aliphatic rings. The molecule has 0 heterocycles. The van der Waals surface area contributed by atoms with Gasteiger partial charge in [0.05, 0.1) is 12.1 Å². The van der Waals surface area contributed by atoms with Gasteiger partial charge in [-0.05, 0) is 43.3 Å². The molecule has 0 N–H and O–H groups in total. The first-order chi connectivity index (χ1) is 11.7. The van der Waals surface area contributed by atoms with E-state index in [1.54, 1.807) is 7.11 Å². The fourth-order valence-electron chi connectivity index (χ4n) is 1.75. The first-order valence-corrected chi connectivity index (χ1v) is 14.0. The average molecular weight is 460 g/mol. The Hall–Kier alpha value is 0.630. The molecule has 0 saturated carbocycles. The van der Waals surface area contributed by atoms with Crippen molar-refractivity contribution >= 4 is 75.5 Å². The molecule has 0 aromatic carbocycles. The van der Waals surface area contributed by atoms with Crippen molar-refractivity contribution in [3.8, 4) is 0 Å². The Morgan fingerprint density at radius 2 is 1.80 bits per heavy atom. The van der Waals surface area contributed by atoms with E-state index in [4.69, 9.17) is 41.0 Å². The first kappa shape index (κ1) is 25.6. The molecule has 146 valence electrons. The highest BCUT2D eigenvalue weighted by Gasteiger charge is 2.32. The smallest absolute Gasteiger partial charge is 0.269 e. The summed E-state index contributed by atoms with van der Waals surface area (Å²) < 4.78 is 11.2. The normalized spacial score (nSPS) is 13.7. The number of allylic oxidation sites excluding steroid dienone is 2. The molecule has 0 rings (SSSR count). The number of nitrogens with zero attached hydrogens (tertiary/aromatic N) is 3. The summed E-state index contributed by atoms with van der Waals surface area (Å²) in [6.45, 7) is 4.30. The maximum Gasteiger partial charge on any atom is 0.269 e. The molecule has 0 aromatic heterocycles. The van der Waals surface area contributed by atoms with Crippen LogP contribution >= 0.6 is 53.5 Å². The molecule has 4 nitrogen and oxygen atoms in total. The molecule has 0 bridgehead atoms. The number of ether oxygens (including phenoxy) is 1. The zero-order chi connectivity index (χ0) is 19.5. The van der Waals surface area contributed by atoms with E-state index < -0.39 is 5.54 Å². The van der Waals surface area contributed by atoms with Crippen molar-refractivity contribution in [1.29, 1.82) is 0 Å². The minimum Gasteiger partial charge on any atom is -0.474 e. The Morgan fingerprint density at radius 1 is 1.16 bits per heavy atom. The van der Waals surface area contributed by atoms with Gasteiger partial charge in [-0.15, -0.1) is 0 Å². The van der Waals surface area contributed by atoms with Crippen molar-refractivity contribution in [1.82, 2.24) is 13.1 Å². The molecule has 0 aliphatic carbocycles. The Kier molecular flexibility index (Phi) is 14.1. The van der Waals surface area contributed by atoms with Crippen LogP contribution in [0.25, 0.3) is 0 Å². The monoisotopic (exact) mass is 459 g/mol. The lowest BCUT2D eigenvalue weighted by atomic mass is 10.2. The first-order valence-electron chi connectivity index (χ1n) is 8.15. The second-order valence-corrected chi connectivity index (χ2v) is 14.9. The lowest BCUT2D eigenvalue weighted by Gasteiger charge is -2.39. The molecule has 0 fully saturated rings. The maximum atomic E-state index is 6.12. The molecule has 0 amide bonds. The van der Waals surface area contributed by atoms with Gasteiger partial charge in [0.1, 0.15) is 0 Å². The van der Waals surface area contributed by atoms with Crippen LogP contribution in [0, 0.1) is 0 Å². The third kappa shape index (κ3) is 8.91. The van der Waals surface area contributed by atoms with E-state index in [0.717, 1.165) is 36.4 Å². The van der Waals surface area contributed by atoms with Crippen LogP contribution in [0.4, 0.5) is 0 Å². The molecule has 1 atom stereocenters. The lowest BCUT2D eigenvalue weighted by molar-refractivity contribution is 0.374. The van der Waals surface area contributed by atoms with Crippen molar-refractivity contribution in [3.05, 3.63) is 12.2 Å². The van der Waals surface area contributed by atoms with E-state index in [2.05, 4.69) is 34.7 Å². The number of hydrogen-bond donors (Lipinski definition) is 0. The van der Waals surface area contributed by atoms with Crippen LogP contribution in [0.5, 0.6) is 0 Å². The Labute approximate surface area is 178 Å². The molecule has 0 saturated heterocycles. The van der Waals surface area contributed by atoms with E-state index in [9.17, 15) is 0 Å². The fourth-order valence-corrected chi connectivity index (χ4v) is 10.2. The quantitative estimate of drug-likeness (QED) is 0.166. The van der Waals surface area contributed by atoms with Crippen LogP contribution in [0.2, 0.25) is 0 Å². The van der Waals surface area contributed by atoms with Crippen molar-refractivity contribution in [3.63, 3.8) is 0 Å². The number of thiocarbonyl (C=S) groups is 2. The van der Waals surface area contributed by atoms with Crippen LogP contribution in [0.15, 0.2) is 12.2 Å². The van der Waals surface area contributed by atoms with Gasteiger partial charge in [0, 0.05) is 45.5 Å². The summed E-state index contributed by atoms with van der Waals surface area (Å²) >= 11 is 20.3. The third-order valence-electron chi connectivity index (χ3n) is 3.16. The predicted octanol–water partition coefficient (Wildman–Crippen LogP) is 5.72. The zero-order valence-corrected chi connectivity index (χ0v) is 20.9. The van der Waals surface area contributed by atoms with Gasteiger partial charge in [-0.2, -0.15) is 4.08 Å². The van der Waals surface area contributed by atoms with Crippen LogP contribution in [-0.4, -0.2) is 57.2 Å². The van der Waals surface area contributed by atoms with Crippen LogP contribution in [0.1, 0.15) is 39.5 Å². The molecular weight excluding hydrogens is 429 g/mol. The SMILES string of the molecule is CCC=CCCC(=S)N(C)P(=S)(SCCC)N(C)SN(C)C(=S)OC. The van der Waals surface area contributed by atoms with E-state index >= 15 is 0 Å². The fraction of sp³-hybridized carbons (Fsp3) is 0.733. The summed E-state index contributed by atoms with van der Waals surface area (Å²) in [4.78, 5) is 0.914. The minimum atomic E-state index is -2.08. The van der Waals surface area contributed by atoms with E-state index in [0.29, 0.717) is 5.17 Å². The Morgan fingerprint density at radius 3 is 2.32 bits per heavy atom. The van der Waals surface area contributed by atoms with Crippen molar-refractivity contribution < 1.29 is 4.74 Å². The molecule has 0 aliphatic heterocycles. The van der Waals surface area contributed by atoms with Crippen LogP contribution in [-0.2, 0) is 16.5 Å². The standard InChI is InChI=1S/C15H30N3OPS5/c1-7-9-10-11-12-14(21)16(3)20(23,24-13-8-2)18(5)25-17(4)15(22)19-6/h9-10H,7-8,11-13H2,1-6H3. The largest absolute Gasteiger partial charge is 0.474 e. The highest BCUT2D eigenvalue weighted by molar-refractivity contribution is 8.70. The summed E-state index contributed by atoms with van der Waals surface area (Å²) in [6.07, 6.45) is 8.29. The summed E-state index contributed by atoms with van der Waals surface area (Å²) in [5, 5.41) is 0.425. The summed E-state index contributed by atoms with van der Waals surface area (Å²) in [7, 11) is 7.50. The van der Waals surface area contributed by atoms with Gasteiger partial charge in [-0.25, -0.2) is 0 Å². The summed E-state index contributed by atoms with van der Waals surface area (Å²) in [5.41, 5.74) is -2.08. The molecule has 0 aromatic rings. The van der Waals surface area contributed by atoms with Crippen molar-refractivity contribution in [2.24, 2.45) is 0 Å². The summed E-state index contributed by atoms with van der Waals surface area (Å²) in [5.74, 6) is 1.00. The molecule has 1 unspecified atom stereocenters. The molecule has 0 spiro atoms. The molecular formula is C15H30N3OPS5. The Bertz CT molecular complexity index is 504. The topological polar surface area (TPSA) is 19.0 Å². The van der Waals surface area contributed by atoms with Gasteiger partial charge >= 0.3 is 0 Å². The van der Waals surface area contributed by atoms with E-state index in [1.807, 2.05) is 36.8 Å². The van der Waals surface area contributed by atoms with Gasteiger partial charge in [0.25, 0.3) is 5.17 Å². The van der Waals surface area contributed by atoms with Gasteiger partial charge in [-0.1, -0.05) is 49.6 Å². The number of methoxy groups -OCH3 is 1. The van der Waals surface area contributed by atoms with Crippen LogP contribution < -0.4 is 0 Å². The Balaban J connectivity index is 5.14. The van der Waals surface area contributed by atoms with Gasteiger partial charge in [0.2, 0.25) is 0 Å². The maximum absolute atomic E-state index is 6.12. The molecule has 25 heavy (non-hydrogen) atoms.